The molecule has 12 aromatic rings. The van der Waals surface area contributed by atoms with E-state index in [1.165, 1.54) is 21.7 Å². The zero-order chi connectivity index (χ0) is 35.3. The smallest absolute Gasteiger partial charge is 0.213 e. The lowest BCUT2D eigenvalue weighted by Crippen LogP contribution is -1.94. The van der Waals surface area contributed by atoms with Gasteiger partial charge in [-0.3, -0.25) is 4.57 Å². The number of aromatic nitrogens is 2. The van der Waals surface area contributed by atoms with Gasteiger partial charge in [0.05, 0.1) is 21.9 Å². The first-order chi connectivity index (χ1) is 26.8. The van der Waals surface area contributed by atoms with Crippen molar-refractivity contribution in [1.29, 1.82) is 0 Å². The molecule has 0 aliphatic carbocycles. The molecule has 0 N–H and O–H groups in total. The van der Waals surface area contributed by atoms with Gasteiger partial charge in [0.1, 0.15) is 16.7 Å². The van der Waals surface area contributed by atoms with Crippen molar-refractivity contribution in [3.8, 4) is 33.6 Å². The van der Waals surface area contributed by atoms with Crippen LogP contribution in [0.5, 0.6) is 0 Å². The Morgan fingerprint density at radius 2 is 0.981 bits per heavy atom. The molecule has 4 heteroatoms. The Balaban J connectivity index is 1.02. The molecular formula is C50H30N2O2. The average molecular weight is 691 g/mol. The molecule has 252 valence electrons. The quantitative estimate of drug-likeness (QED) is 0.184. The summed E-state index contributed by atoms with van der Waals surface area (Å²) in [5.41, 5.74) is 13.7. The van der Waals surface area contributed by atoms with E-state index in [0.29, 0.717) is 0 Å². The Hall–Kier alpha value is -7.30. The highest BCUT2D eigenvalue weighted by Gasteiger charge is 2.22. The molecule has 4 aromatic heterocycles. The topological polar surface area (TPSA) is 36.1 Å². The van der Waals surface area contributed by atoms with Crippen LogP contribution in [-0.2, 0) is 0 Å². The maximum absolute atomic E-state index is 6.93. The van der Waals surface area contributed by atoms with E-state index in [1.54, 1.807) is 0 Å². The summed E-state index contributed by atoms with van der Waals surface area (Å²) >= 11 is 0. The average Bonchev–Trinajstić information content (AvgIpc) is 3.97. The predicted molar refractivity (Wildman–Crippen MR) is 223 cm³/mol. The van der Waals surface area contributed by atoms with Crippen molar-refractivity contribution in [2.45, 2.75) is 0 Å². The number of hydrogen-bond acceptors (Lipinski definition) is 2. The number of furan rings is 2. The molecule has 0 saturated carbocycles. The first-order valence-corrected chi connectivity index (χ1v) is 18.3. The number of para-hydroxylation sites is 5. The number of rotatable bonds is 4. The third kappa shape index (κ3) is 4.13. The summed E-state index contributed by atoms with van der Waals surface area (Å²) in [5, 5.41) is 8.15. The fourth-order valence-corrected chi connectivity index (χ4v) is 8.72. The van der Waals surface area contributed by atoms with Crippen molar-refractivity contribution in [1.82, 2.24) is 9.13 Å². The van der Waals surface area contributed by atoms with Crippen LogP contribution >= 0.6 is 0 Å². The fourth-order valence-electron chi connectivity index (χ4n) is 8.72. The van der Waals surface area contributed by atoms with Gasteiger partial charge in [0.25, 0.3) is 0 Å². The van der Waals surface area contributed by atoms with E-state index in [-0.39, 0.29) is 0 Å². The second-order valence-corrected chi connectivity index (χ2v) is 14.1. The number of nitrogens with zero attached hydrogens (tertiary/aromatic N) is 2. The minimum absolute atomic E-state index is 0.860. The van der Waals surface area contributed by atoms with Crippen LogP contribution in [0.4, 0.5) is 0 Å². The molecular weight excluding hydrogens is 661 g/mol. The molecule has 0 unspecified atom stereocenters. The third-order valence-electron chi connectivity index (χ3n) is 11.1. The van der Waals surface area contributed by atoms with Crippen molar-refractivity contribution in [3.63, 3.8) is 0 Å². The van der Waals surface area contributed by atoms with Crippen LogP contribution < -0.4 is 0 Å². The second kappa shape index (κ2) is 11.1. The van der Waals surface area contributed by atoms with E-state index in [4.69, 9.17) is 8.83 Å². The second-order valence-electron chi connectivity index (χ2n) is 14.1. The van der Waals surface area contributed by atoms with Crippen LogP contribution in [0.25, 0.3) is 110 Å². The predicted octanol–water partition coefficient (Wildman–Crippen LogP) is 13.9. The summed E-state index contributed by atoms with van der Waals surface area (Å²) < 4.78 is 17.8. The zero-order valence-electron chi connectivity index (χ0n) is 29.0. The molecule has 0 fully saturated rings. The summed E-state index contributed by atoms with van der Waals surface area (Å²) in [4.78, 5) is 0. The van der Waals surface area contributed by atoms with Gasteiger partial charge >= 0.3 is 0 Å². The van der Waals surface area contributed by atoms with E-state index in [2.05, 4.69) is 179 Å². The lowest BCUT2D eigenvalue weighted by atomic mass is 10.0. The highest BCUT2D eigenvalue weighted by Crippen LogP contribution is 2.43. The van der Waals surface area contributed by atoms with Gasteiger partial charge in [-0.25, -0.2) is 0 Å². The highest BCUT2D eigenvalue weighted by atomic mass is 16.3. The molecule has 0 atom stereocenters. The molecule has 0 amide bonds. The summed E-state index contributed by atoms with van der Waals surface area (Å²) in [7, 11) is 0. The van der Waals surface area contributed by atoms with Crippen LogP contribution in [0.3, 0.4) is 0 Å². The molecule has 0 saturated heterocycles. The zero-order valence-corrected chi connectivity index (χ0v) is 29.0. The Kier molecular flexibility index (Phi) is 6.02. The van der Waals surface area contributed by atoms with Gasteiger partial charge in [-0.2, -0.15) is 0 Å². The Morgan fingerprint density at radius 3 is 1.87 bits per heavy atom. The summed E-state index contributed by atoms with van der Waals surface area (Å²) in [6, 6.07) is 64.7. The normalized spacial score (nSPS) is 12.1. The van der Waals surface area contributed by atoms with Gasteiger partial charge in [0.2, 0.25) is 5.71 Å². The Bertz CT molecular complexity index is 3450. The van der Waals surface area contributed by atoms with Crippen molar-refractivity contribution in [2.75, 3.05) is 0 Å². The lowest BCUT2D eigenvalue weighted by molar-refractivity contribution is 0.646. The monoisotopic (exact) mass is 690 g/mol. The molecule has 4 heterocycles. The van der Waals surface area contributed by atoms with E-state index in [0.717, 1.165) is 88.7 Å². The Labute approximate surface area is 309 Å². The molecule has 0 bridgehead atoms. The van der Waals surface area contributed by atoms with Gasteiger partial charge in [-0.15, -0.1) is 0 Å². The molecule has 0 aliphatic rings. The number of benzene rings is 8. The standard InChI is InChI=1S/C50H30N2O2/c1-2-13-34(14-3-1)52-44-22-8-5-18-40(44)48-41-20-11-19-36(49(41)54-50(48)52)33-12-10-15-35(28-33)51-43-21-7-4-16-37(43)42-29-31(25-27-45(42)51)32-24-26-39-38-17-6-9-23-46(38)53-47(39)30-32/h1-30H. The largest absolute Gasteiger partial charge is 0.456 e. The number of fused-ring (bicyclic) bond motifs is 11. The fraction of sp³-hybridized carbons (Fsp3) is 0. The van der Waals surface area contributed by atoms with E-state index in [9.17, 15) is 0 Å². The lowest BCUT2D eigenvalue weighted by Gasteiger charge is -2.11. The Morgan fingerprint density at radius 1 is 0.333 bits per heavy atom. The van der Waals surface area contributed by atoms with Gasteiger partial charge < -0.3 is 13.4 Å². The van der Waals surface area contributed by atoms with Crippen molar-refractivity contribution in [3.05, 3.63) is 182 Å². The minimum atomic E-state index is 0.860. The first kappa shape index (κ1) is 29.3. The van der Waals surface area contributed by atoms with Crippen LogP contribution in [-0.4, -0.2) is 9.13 Å². The van der Waals surface area contributed by atoms with Gasteiger partial charge in [-0.1, -0.05) is 115 Å². The SMILES string of the molecule is c1ccc(-n2c3ccccc3c3c4cccc(-c5cccc(-n6c7ccccc7c7cc(-c8ccc9c(c8)oc8ccccc89)ccc76)c5)c4oc32)cc1. The van der Waals surface area contributed by atoms with Crippen LogP contribution in [0.2, 0.25) is 0 Å². The minimum Gasteiger partial charge on any atom is -0.456 e. The van der Waals surface area contributed by atoms with Crippen molar-refractivity contribution < 1.29 is 8.83 Å². The highest BCUT2D eigenvalue weighted by molar-refractivity contribution is 6.22. The van der Waals surface area contributed by atoms with Gasteiger partial charge in [0.15, 0.2) is 0 Å². The molecule has 0 spiro atoms. The first-order valence-electron chi connectivity index (χ1n) is 18.3. The molecule has 54 heavy (non-hydrogen) atoms. The molecule has 4 nitrogen and oxygen atoms in total. The maximum atomic E-state index is 6.93. The maximum Gasteiger partial charge on any atom is 0.213 e. The van der Waals surface area contributed by atoms with E-state index >= 15 is 0 Å². The third-order valence-corrected chi connectivity index (χ3v) is 11.1. The van der Waals surface area contributed by atoms with Crippen molar-refractivity contribution in [2.24, 2.45) is 0 Å². The molecule has 0 radical (unpaired) electrons. The van der Waals surface area contributed by atoms with Crippen molar-refractivity contribution >= 4 is 76.7 Å². The van der Waals surface area contributed by atoms with Crippen LogP contribution in [0, 0.1) is 0 Å². The van der Waals surface area contributed by atoms with Crippen LogP contribution in [0.15, 0.2) is 191 Å². The van der Waals surface area contributed by atoms with Gasteiger partial charge in [-0.05, 0) is 83.4 Å². The summed E-state index contributed by atoms with van der Waals surface area (Å²) in [6.45, 7) is 0. The summed E-state index contributed by atoms with van der Waals surface area (Å²) in [6.07, 6.45) is 0. The van der Waals surface area contributed by atoms with Crippen LogP contribution in [0.1, 0.15) is 0 Å². The van der Waals surface area contributed by atoms with Gasteiger partial charge in [0, 0.05) is 49.3 Å². The number of hydrogen-bond donors (Lipinski definition) is 0. The summed E-state index contributed by atoms with van der Waals surface area (Å²) in [5.74, 6) is 0. The van der Waals surface area contributed by atoms with E-state index in [1.807, 2.05) is 12.1 Å². The molecule has 8 aromatic carbocycles. The molecule has 12 rings (SSSR count). The van der Waals surface area contributed by atoms with E-state index < -0.39 is 0 Å². The molecule has 0 aliphatic heterocycles.